The summed E-state index contributed by atoms with van der Waals surface area (Å²) in [6, 6.07) is 10.1. The van der Waals surface area contributed by atoms with Crippen molar-refractivity contribution in [2.75, 3.05) is 13.2 Å². The predicted octanol–water partition coefficient (Wildman–Crippen LogP) is -2.11. The van der Waals surface area contributed by atoms with E-state index in [4.69, 9.17) is 28.4 Å². The van der Waals surface area contributed by atoms with Crippen molar-refractivity contribution in [2.45, 2.75) is 80.4 Å². The molecule has 2 fully saturated rings. The average molecular weight is 875 g/mol. The Morgan fingerprint density at radius 1 is 0.694 bits per heavy atom. The van der Waals surface area contributed by atoms with Crippen LogP contribution in [0, 0.1) is 0 Å². The molecule has 0 bridgehead atoms. The minimum absolute atomic E-state index is 0.0120. The van der Waals surface area contributed by atoms with Crippen LogP contribution in [0.25, 0.3) is 12.2 Å². The van der Waals surface area contributed by atoms with Gasteiger partial charge in [-0.3, -0.25) is 4.79 Å². The third kappa shape index (κ3) is 10.4. The smallest absolute Gasteiger partial charge is 0.330 e. The van der Waals surface area contributed by atoms with Gasteiger partial charge in [-0.05, 0) is 42.3 Å². The summed E-state index contributed by atoms with van der Waals surface area (Å²) in [7, 11) is 0. The number of hydrogen-bond acceptors (Lipinski definition) is 21. The minimum Gasteiger partial charge on any atom is -0.571 e. The normalized spacial score (nSPS) is 28.2. The number of carboxylic acids is 1. The highest BCUT2D eigenvalue weighted by Gasteiger charge is 2.48. The molecule has 6 rings (SSSR count). The Labute approximate surface area is 349 Å². The average Bonchev–Trinajstić information content (AvgIpc) is 3.23. The number of aliphatic hydroxyl groups excluding tert-OH is 6. The van der Waals surface area contributed by atoms with Gasteiger partial charge in [-0.15, -0.1) is 0 Å². The lowest BCUT2D eigenvalue weighted by Crippen LogP contribution is -2.60. The van der Waals surface area contributed by atoms with Crippen LogP contribution in [-0.2, 0) is 38.1 Å². The van der Waals surface area contributed by atoms with E-state index in [9.17, 15) is 75.7 Å². The van der Waals surface area contributed by atoms with Crippen LogP contribution in [-0.4, -0.2) is 153 Å². The summed E-state index contributed by atoms with van der Waals surface area (Å²) >= 11 is 0. The zero-order chi connectivity index (χ0) is 45.0. The molecule has 22 nitrogen and oxygen atoms in total. The molecule has 3 aliphatic heterocycles. The van der Waals surface area contributed by atoms with Crippen LogP contribution in [0.1, 0.15) is 35.6 Å². The number of hydrogen-bond donors (Lipinski definition) is 11. The molecular formula is C40H42O22. The van der Waals surface area contributed by atoms with Gasteiger partial charge in [0.25, 0.3) is 11.9 Å². The Morgan fingerprint density at radius 2 is 1.27 bits per heavy atom. The van der Waals surface area contributed by atoms with Crippen molar-refractivity contribution in [2.24, 2.45) is 0 Å². The van der Waals surface area contributed by atoms with E-state index in [1.54, 1.807) is 0 Å². The molecule has 2 saturated heterocycles. The molecule has 0 saturated carbocycles. The third-order valence-corrected chi connectivity index (χ3v) is 9.82. The molecule has 12 N–H and O–H groups in total. The highest BCUT2D eigenvalue weighted by molar-refractivity contribution is 5.87. The van der Waals surface area contributed by atoms with E-state index in [1.165, 1.54) is 42.5 Å². The van der Waals surface area contributed by atoms with Crippen LogP contribution < -0.4 is 9.84 Å². The lowest BCUT2D eigenvalue weighted by atomic mass is 9.98. The Morgan fingerprint density at radius 3 is 1.87 bits per heavy atom. The lowest BCUT2D eigenvalue weighted by molar-refractivity contribution is -0.305. The number of carbonyl (C=O) groups excluding carboxylic acids is 3. The van der Waals surface area contributed by atoms with Gasteiger partial charge in [-0.1, -0.05) is 12.1 Å². The number of benzene rings is 3. The van der Waals surface area contributed by atoms with Gasteiger partial charge in [0.2, 0.25) is 12.6 Å². The number of carboxylic acid groups (broad SMARTS) is 1. The Kier molecular flexibility index (Phi) is 13.9. The molecule has 3 aromatic rings. The molecule has 62 heavy (non-hydrogen) atoms. The first-order chi connectivity index (χ1) is 29.4. The fourth-order valence-corrected chi connectivity index (χ4v) is 6.45. The fourth-order valence-electron chi connectivity index (χ4n) is 6.45. The molecule has 11 unspecified atom stereocenters. The molecule has 11 atom stereocenters. The molecule has 0 aromatic heterocycles. The van der Waals surface area contributed by atoms with E-state index in [0.717, 1.165) is 24.3 Å². The van der Waals surface area contributed by atoms with Crippen LogP contribution in [0.2, 0.25) is 0 Å². The number of rotatable bonds is 14. The van der Waals surface area contributed by atoms with Crippen LogP contribution >= 0.6 is 0 Å². The van der Waals surface area contributed by atoms with E-state index in [-0.39, 0.29) is 34.1 Å². The zero-order valence-corrected chi connectivity index (χ0v) is 32.0. The summed E-state index contributed by atoms with van der Waals surface area (Å²) in [4.78, 5) is 35.0. The van der Waals surface area contributed by atoms with Gasteiger partial charge in [0.15, 0.2) is 23.0 Å². The maximum absolute atomic E-state index is 12.5. The zero-order valence-electron chi connectivity index (χ0n) is 32.0. The van der Waals surface area contributed by atoms with E-state index in [2.05, 4.69) is 4.74 Å². The first-order valence-electron chi connectivity index (χ1n) is 18.7. The highest BCUT2D eigenvalue weighted by atomic mass is 16.7. The Balaban J connectivity index is 1.23. The molecule has 0 aliphatic carbocycles. The van der Waals surface area contributed by atoms with E-state index in [0.29, 0.717) is 5.56 Å². The number of aliphatic hydroxyl groups is 7. The van der Waals surface area contributed by atoms with Gasteiger partial charge in [0.1, 0.15) is 84.9 Å². The van der Waals surface area contributed by atoms with Crippen molar-refractivity contribution in [1.82, 2.24) is 0 Å². The summed E-state index contributed by atoms with van der Waals surface area (Å²) < 4.78 is 37.6. The highest BCUT2D eigenvalue weighted by Crippen LogP contribution is 2.48. The van der Waals surface area contributed by atoms with Crippen molar-refractivity contribution in [3.8, 4) is 40.2 Å². The van der Waals surface area contributed by atoms with Crippen LogP contribution in [0.3, 0.4) is 0 Å². The van der Waals surface area contributed by atoms with Crippen LogP contribution in [0.4, 0.5) is 0 Å². The molecule has 334 valence electrons. The number of carbonyl (C=O) groups is 3. The number of fused-ring (bicyclic) bond motifs is 1. The van der Waals surface area contributed by atoms with Crippen molar-refractivity contribution < 1.29 is 109 Å². The second-order valence-corrected chi connectivity index (χ2v) is 14.2. The summed E-state index contributed by atoms with van der Waals surface area (Å²) in [6.07, 6.45) is -16.8. The maximum Gasteiger partial charge on any atom is 0.330 e. The number of aromatic hydroxyl groups is 6. The second-order valence-electron chi connectivity index (χ2n) is 14.2. The summed E-state index contributed by atoms with van der Waals surface area (Å²) in [5.74, 6) is -7.00. The van der Waals surface area contributed by atoms with Gasteiger partial charge >= 0.3 is 11.9 Å². The fraction of sp³-hybridized carbons (Fsp3) is 0.375. The SMILES string of the molecule is O=C([O-])CCC(=O)OCC1OC(Oc2cc(O)c3c(c2)[OH+]C(c2cc(O)c(O)c(O)c2)C(OC2OC(COC(=O)C=Cc4ccc(O)cc4)C(O)C(O)C2O)=C3)C(O)C(O)C1O. The summed E-state index contributed by atoms with van der Waals surface area (Å²) in [6.45, 7) is -1.34. The number of phenolic OH excluding ortho intramolecular Hbond substituents is 5. The van der Waals surface area contributed by atoms with Gasteiger partial charge in [-0.2, -0.15) is 0 Å². The Hall–Kier alpha value is -6.37. The molecular weight excluding hydrogens is 832 g/mol. The van der Waals surface area contributed by atoms with Crippen molar-refractivity contribution in [3.05, 3.63) is 77.1 Å². The molecule has 22 heteroatoms. The number of aliphatic carboxylic acids is 1. The molecule has 3 aromatic carbocycles. The topological polar surface area (TPSA) is 365 Å². The second kappa shape index (κ2) is 19.1. The van der Waals surface area contributed by atoms with Gasteiger partial charge in [0, 0.05) is 24.2 Å². The Bertz CT molecular complexity index is 2150. The minimum atomic E-state index is -1.95. The third-order valence-electron chi connectivity index (χ3n) is 9.82. The van der Waals surface area contributed by atoms with E-state index in [1.807, 2.05) is 0 Å². The maximum atomic E-state index is 12.5. The molecule has 3 aliphatic rings. The quantitative estimate of drug-likeness (QED) is 0.0357. The lowest BCUT2D eigenvalue weighted by Gasteiger charge is -2.40. The standard InChI is InChI=1S/C40H42O22/c41-18-4-1-16(2-5-18)3-7-29(47)56-15-27-33(51)35(53)37(55)40(62-27)60-25-13-20-21(42)11-19(12-24(20)59-38(25)17-9-22(43)31(49)23(44)10-17)58-39-36(54)34(52)32(50)26(61-39)14-57-30(48)8-6-28(45)46/h1-5,7,9-13,26-27,32-44,49-55H,6,8,14-15H2,(H,45,46). The molecule has 0 spiro atoms. The molecule has 3 heterocycles. The van der Waals surface area contributed by atoms with Gasteiger partial charge in [0.05, 0.1) is 18.1 Å². The summed E-state index contributed by atoms with van der Waals surface area (Å²) in [5, 5.41) is 126. The number of ether oxygens (including phenoxy) is 7. The van der Waals surface area contributed by atoms with E-state index >= 15 is 0 Å². The first-order valence-corrected chi connectivity index (χ1v) is 18.7. The largest absolute Gasteiger partial charge is 0.571 e. The van der Waals surface area contributed by atoms with Crippen LogP contribution in [0.5, 0.6) is 40.2 Å². The predicted molar refractivity (Wildman–Crippen MR) is 200 cm³/mol. The van der Waals surface area contributed by atoms with Crippen LogP contribution in [0.15, 0.2) is 60.4 Å². The number of phenols is 5. The number of esters is 2. The van der Waals surface area contributed by atoms with Crippen molar-refractivity contribution in [3.63, 3.8) is 0 Å². The summed E-state index contributed by atoms with van der Waals surface area (Å²) in [5.41, 5.74) is 0.416. The first kappa shape index (κ1) is 45.2. The van der Waals surface area contributed by atoms with Crippen molar-refractivity contribution in [1.29, 1.82) is 0 Å². The van der Waals surface area contributed by atoms with E-state index < -0.39 is 134 Å². The molecule has 0 amide bonds. The van der Waals surface area contributed by atoms with Gasteiger partial charge in [-0.25, -0.2) is 4.79 Å². The van der Waals surface area contributed by atoms with Gasteiger partial charge < -0.3 is 99.2 Å². The molecule has 0 radical (unpaired) electrons. The van der Waals surface area contributed by atoms with Crippen molar-refractivity contribution >= 4 is 30.1 Å². The monoisotopic (exact) mass is 874 g/mol.